The number of primary amides is 1. The maximum Gasteiger partial charge on any atom is 0.217 e. The van der Waals surface area contributed by atoms with Gasteiger partial charge >= 0.3 is 0 Å². The molecule has 17 heavy (non-hydrogen) atoms. The molecule has 0 unspecified atom stereocenters. The van der Waals surface area contributed by atoms with E-state index in [4.69, 9.17) is 22.7 Å². The molecule has 0 aromatic heterocycles. The van der Waals surface area contributed by atoms with Gasteiger partial charge in [-0.15, -0.1) is 0 Å². The quantitative estimate of drug-likeness (QED) is 0.652. The van der Waals surface area contributed by atoms with E-state index in [1.165, 1.54) is 0 Å². The van der Waals surface area contributed by atoms with Crippen molar-refractivity contribution in [2.45, 2.75) is 13.3 Å². The van der Waals surface area contributed by atoms with E-state index in [2.05, 4.69) is 10.2 Å². The van der Waals surface area contributed by atoms with Crippen LogP contribution in [0.4, 0.5) is 0 Å². The lowest BCUT2D eigenvalue weighted by atomic mass is 10.0. The van der Waals surface area contributed by atoms with Gasteiger partial charge in [0.1, 0.15) is 0 Å². The number of hydrogen-bond donors (Lipinski definition) is 2. The van der Waals surface area contributed by atoms with Crippen molar-refractivity contribution < 1.29 is 9.53 Å². The van der Waals surface area contributed by atoms with E-state index in [0.717, 1.165) is 33.0 Å². The highest BCUT2D eigenvalue weighted by atomic mass is 32.1. The molecule has 5 nitrogen and oxygen atoms in total. The molecular weight excluding hydrogens is 238 g/mol. The molecule has 1 atom stereocenters. The third-order valence-corrected chi connectivity index (χ3v) is 2.82. The Morgan fingerprint density at radius 1 is 1.59 bits per heavy atom. The molecule has 1 aliphatic rings. The van der Waals surface area contributed by atoms with Crippen molar-refractivity contribution >= 4 is 23.1 Å². The van der Waals surface area contributed by atoms with Gasteiger partial charge < -0.3 is 15.8 Å². The number of carbonyl (C=O) groups is 1. The van der Waals surface area contributed by atoms with Crippen molar-refractivity contribution in [2.75, 3.05) is 33.0 Å². The van der Waals surface area contributed by atoms with Crippen molar-refractivity contribution in [1.82, 2.24) is 10.2 Å². The van der Waals surface area contributed by atoms with Gasteiger partial charge in [-0.25, -0.2) is 0 Å². The third kappa shape index (κ3) is 6.55. The Morgan fingerprint density at radius 3 is 2.82 bits per heavy atom. The molecule has 1 saturated heterocycles. The summed E-state index contributed by atoms with van der Waals surface area (Å²) in [6.07, 6.45) is 2.19. The summed E-state index contributed by atoms with van der Waals surface area (Å²) in [4.78, 5) is 13.6. The number of thiocarbonyl (C=S) groups is 1. The predicted molar refractivity (Wildman–Crippen MR) is 70.3 cm³/mol. The number of rotatable bonds is 6. The van der Waals surface area contributed by atoms with Crippen molar-refractivity contribution in [3.63, 3.8) is 0 Å². The van der Waals surface area contributed by atoms with Crippen LogP contribution in [0.25, 0.3) is 0 Å². The average Bonchev–Trinajstić information content (AvgIpc) is 2.26. The molecule has 3 N–H and O–H groups in total. The number of amides is 1. The smallest absolute Gasteiger partial charge is 0.217 e. The summed E-state index contributed by atoms with van der Waals surface area (Å²) in [5.74, 6) is -0.220. The van der Waals surface area contributed by atoms with Gasteiger partial charge in [0.25, 0.3) is 0 Å². The van der Waals surface area contributed by atoms with Gasteiger partial charge in [-0.3, -0.25) is 9.69 Å². The van der Waals surface area contributed by atoms with Crippen molar-refractivity contribution in [3.05, 3.63) is 6.42 Å². The molecule has 1 fully saturated rings. The van der Waals surface area contributed by atoms with E-state index in [9.17, 15) is 4.79 Å². The van der Waals surface area contributed by atoms with Gasteiger partial charge in [0.15, 0.2) is 0 Å². The first-order valence-electron chi connectivity index (χ1n) is 5.79. The molecule has 1 amide bonds. The second kappa shape index (κ2) is 7.58. The first kappa shape index (κ1) is 14.3. The summed E-state index contributed by atoms with van der Waals surface area (Å²) in [6, 6.07) is 0. The summed E-state index contributed by atoms with van der Waals surface area (Å²) in [7, 11) is 0. The van der Waals surface area contributed by atoms with Crippen LogP contribution in [-0.4, -0.2) is 48.8 Å². The number of nitrogens with two attached hydrogens (primary N) is 1. The molecule has 0 saturated carbocycles. The van der Waals surface area contributed by atoms with Crippen LogP contribution in [0.1, 0.15) is 13.3 Å². The number of carbonyl (C=O) groups excluding carboxylic acids is 1. The van der Waals surface area contributed by atoms with Gasteiger partial charge in [-0.1, -0.05) is 19.1 Å². The maximum atomic E-state index is 10.7. The van der Waals surface area contributed by atoms with E-state index < -0.39 is 0 Å². The summed E-state index contributed by atoms with van der Waals surface area (Å²) in [5, 5.41) is 3.15. The standard InChI is InChI=1S/C11H20N3O2S/c1-9(6-10(12)15)7-11(17)13-8-14-2-4-16-5-3-14/h7,9H,2-6,8H2,1H3,(H2,12,15)(H,13,17)/t9-/m1/s1. The lowest BCUT2D eigenvalue weighted by Crippen LogP contribution is -2.43. The molecule has 0 aliphatic carbocycles. The minimum Gasteiger partial charge on any atom is -0.379 e. The van der Waals surface area contributed by atoms with Gasteiger partial charge in [0.05, 0.1) is 24.9 Å². The molecule has 6 heteroatoms. The zero-order valence-corrected chi connectivity index (χ0v) is 11.0. The Bertz CT molecular complexity index is 267. The minimum atomic E-state index is -0.301. The molecule has 97 valence electrons. The molecule has 1 aliphatic heterocycles. The lowest BCUT2D eigenvalue weighted by molar-refractivity contribution is -0.118. The topological polar surface area (TPSA) is 67.6 Å². The first-order valence-corrected chi connectivity index (χ1v) is 6.20. The number of nitrogens with one attached hydrogen (secondary N) is 1. The Morgan fingerprint density at radius 2 is 2.24 bits per heavy atom. The van der Waals surface area contributed by atoms with Gasteiger partial charge in [0.2, 0.25) is 5.91 Å². The van der Waals surface area contributed by atoms with Crippen LogP contribution in [0.3, 0.4) is 0 Å². The van der Waals surface area contributed by atoms with E-state index in [1.54, 1.807) is 0 Å². The van der Waals surface area contributed by atoms with Crippen molar-refractivity contribution in [3.8, 4) is 0 Å². The number of ether oxygens (including phenoxy) is 1. The van der Waals surface area contributed by atoms with Crippen LogP contribution in [0.5, 0.6) is 0 Å². The zero-order chi connectivity index (χ0) is 12.7. The molecular formula is C11H20N3O2S. The molecule has 0 spiro atoms. The van der Waals surface area contributed by atoms with E-state index in [-0.39, 0.29) is 11.8 Å². The zero-order valence-electron chi connectivity index (χ0n) is 10.1. The molecule has 1 rings (SSSR count). The molecule has 1 radical (unpaired) electrons. The van der Waals surface area contributed by atoms with E-state index >= 15 is 0 Å². The summed E-state index contributed by atoms with van der Waals surface area (Å²) >= 11 is 5.17. The van der Waals surface area contributed by atoms with Crippen LogP contribution < -0.4 is 11.1 Å². The van der Waals surface area contributed by atoms with Crippen LogP contribution in [0, 0.1) is 12.3 Å². The Balaban J connectivity index is 2.13. The van der Waals surface area contributed by atoms with Gasteiger partial charge in [0, 0.05) is 25.9 Å². The third-order valence-electron chi connectivity index (χ3n) is 2.54. The Hall–Kier alpha value is -0.720. The van der Waals surface area contributed by atoms with Crippen LogP contribution in [-0.2, 0) is 9.53 Å². The molecule has 0 aromatic rings. The maximum absolute atomic E-state index is 10.7. The number of nitrogens with zero attached hydrogens (tertiary/aromatic N) is 1. The van der Waals surface area contributed by atoms with Crippen molar-refractivity contribution in [2.24, 2.45) is 11.7 Å². The SMILES string of the molecule is C[C@@H]([CH]C(=S)NCN1CCOCC1)CC(N)=O. The molecule has 0 aromatic carbocycles. The van der Waals surface area contributed by atoms with Gasteiger partial charge in [-0.05, 0) is 5.92 Å². The highest BCUT2D eigenvalue weighted by molar-refractivity contribution is 7.80. The monoisotopic (exact) mass is 258 g/mol. The molecule has 0 bridgehead atoms. The lowest BCUT2D eigenvalue weighted by Gasteiger charge is -2.27. The summed E-state index contributed by atoms with van der Waals surface area (Å²) in [5.41, 5.74) is 5.12. The highest BCUT2D eigenvalue weighted by Gasteiger charge is 2.12. The van der Waals surface area contributed by atoms with E-state index in [0.29, 0.717) is 11.4 Å². The summed E-state index contributed by atoms with van der Waals surface area (Å²) < 4.78 is 5.25. The largest absolute Gasteiger partial charge is 0.379 e. The Labute approximate surface area is 108 Å². The number of hydrogen-bond acceptors (Lipinski definition) is 4. The highest BCUT2D eigenvalue weighted by Crippen LogP contribution is 2.06. The Kier molecular flexibility index (Phi) is 6.39. The first-order chi connectivity index (χ1) is 8.08. The fourth-order valence-electron chi connectivity index (χ4n) is 1.64. The second-order valence-corrected chi connectivity index (χ2v) is 4.68. The second-order valence-electron chi connectivity index (χ2n) is 4.24. The van der Waals surface area contributed by atoms with Crippen LogP contribution in [0.15, 0.2) is 0 Å². The normalized spacial score (nSPS) is 18.6. The fourth-order valence-corrected chi connectivity index (χ4v) is 1.94. The van der Waals surface area contributed by atoms with Crippen molar-refractivity contribution in [1.29, 1.82) is 0 Å². The summed E-state index contributed by atoms with van der Waals surface area (Å²) in [6.45, 7) is 6.04. The van der Waals surface area contributed by atoms with E-state index in [1.807, 2.05) is 13.3 Å². The van der Waals surface area contributed by atoms with Gasteiger partial charge in [-0.2, -0.15) is 0 Å². The molecule has 1 heterocycles. The minimum absolute atomic E-state index is 0.0807. The van der Waals surface area contributed by atoms with Crippen LogP contribution in [0.2, 0.25) is 0 Å². The average molecular weight is 258 g/mol. The van der Waals surface area contributed by atoms with Crippen LogP contribution >= 0.6 is 12.2 Å². The fraction of sp³-hybridized carbons (Fsp3) is 0.727. The number of morpholine rings is 1. The predicted octanol–water partition coefficient (Wildman–Crippen LogP) is -0.0911.